The summed E-state index contributed by atoms with van der Waals surface area (Å²) < 4.78 is 13.2. The van der Waals surface area contributed by atoms with Gasteiger partial charge in [0.25, 0.3) is 11.6 Å². The number of non-ortho nitro benzene ring substituents is 1. The van der Waals surface area contributed by atoms with Crippen molar-refractivity contribution in [1.29, 1.82) is 0 Å². The summed E-state index contributed by atoms with van der Waals surface area (Å²) in [6.07, 6.45) is -0.566. The van der Waals surface area contributed by atoms with Crippen molar-refractivity contribution in [2.45, 2.75) is 18.6 Å². The number of carbonyl (C=O) groups excluding carboxylic acids is 2. The molecule has 1 N–H and O–H groups in total. The third-order valence-corrected chi connectivity index (χ3v) is 5.29. The van der Waals surface area contributed by atoms with Crippen LogP contribution in [0.2, 0.25) is 0 Å². The Bertz CT molecular complexity index is 1190. The van der Waals surface area contributed by atoms with E-state index in [9.17, 15) is 29.2 Å². The quantitative estimate of drug-likeness (QED) is 0.372. The molecule has 1 unspecified atom stereocenters. The van der Waals surface area contributed by atoms with Crippen LogP contribution < -0.4 is 4.90 Å². The fourth-order valence-corrected chi connectivity index (χ4v) is 3.73. The van der Waals surface area contributed by atoms with Gasteiger partial charge in [-0.3, -0.25) is 19.7 Å². The summed E-state index contributed by atoms with van der Waals surface area (Å²) in [5, 5.41) is 22.3. The van der Waals surface area contributed by atoms with E-state index in [1.807, 2.05) is 0 Å². The molecule has 0 aromatic heterocycles. The molecular weight excluding hydrogens is 403 g/mol. The van der Waals surface area contributed by atoms with E-state index in [4.69, 9.17) is 0 Å². The van der Waals surface area contributed by atoms with E-state index in [0.717, 1.165) is 6.07 Å². The summed E-state index contributed by atoms with van der Waals surface area (Å²) in [6, 6.07) is 17.4. The second-order valence-corrected chi connectivity index (χ2v) is 7.30. The Hall–Kier alpha value is -3.91. The van der Waals surface area contributed by atoms with Gasteiger partial charge in [-0.2, -0.15) is 0 Å². The van der Waals surface area contributed by atoms with Crippen LogP contribution in [0.5, 0.6) is 0 Å². The molecule has 1 aliphatic heterocycles. The van der Waals surface area contributed by atoms with Crippen molar-refractivity contribution >= 4 is 23.1 Å². The van der Waals surface area contributed by atoms with Crippen LogP contribution in [0.4, 0.5) is 15.8 Å². The number of carbonyl (C=O) groups is 2. The molecule has 8 heteroatoms. The van der Waals surface area contributed by atoms with Crippen molar-refractivity contribution in [3.05, 3.63) is 105 Å². The van der Waals surface area contributed by atoms with Gasteiger partial charge in [0.1, 0.15) is 5.82 Å². The van der Waals surface area contributed by atoms with Gasteiger partial charge in [0.15, 0.2) is 11.4 Å². The number of nitro benzene ring substituents is 1. The SMILES string of the molecule is O=C(CC1(O)C(=O)N(Cc2ccc(F)cc2)c2ccccc21)c1cccc([N+](=O)[O-])c1. The largest absolute Gasteiger partial charge is 0.375 e. The molecule has 3 aromatic carbocycles. The van der Waals surface area contributed by atoms with E-state index in [2.05, 4.69) is 0 Å². The van der Waals surface area contributed by atoms with Crippen molar-refractivity contribution in [3.8, 4) is 0 Å². The third kappa shape index (κ3) is 3.69. The number of nitro groups is 1. The number of fused-ring (bicyclic) bond motifs is 1. The lowest BCUT2D eigenvalue weighted by atomic mass is 9.88. The van der Waals surface area contributed by atoms with Crippen LogP contribution in [0.1, 0.15) is 27.9 Å². The molecule has 1 heterocycles. The highest BCUT2D eigenvalue weighted by Crippen LogP contribution is 2.43. The van der Waals surface area contributed by atoms with E-state index in [1.54, 1.807) is 24.3 Å². The standard InChI is InChI=1S/C23H17FN2O5/c24-17-10-8-15(9-11-17)14-25-20-7-2-1-6-19(20)23(29,22(25)28)13-21(27)16-4-3-5-18(12-16)26(30)31/h1-12,29H,13-14H2. The van der Waals surface area contributed by atoms with E-state index < -0.39 is 34.5 Å². The summed E-state index contributed by atoms with van der Waals surface area (Å²) in [5.74, 6) is -1.69. The van der Waals surface area contributed by atoms with E-state index >= 15 is 0 Å². The maximum atomic E-state index is 13.2. The van der Waals surface area contributed by atoms with Gasteiger partial charge in [-0.15, -0.1) is 0 Å². The van der Waals surface area contributed by atoms with Gasteiger partial charge in [0, 0.05) is 23.3 Å². The Balaban J connectivity index is 1.66. The first-order valence-corrected chi connectivity index (χ1v) is 9.45. The van der Waals surface area contributed by atoms with Crippen LogP contribution >= 0.6 is 0 Å². The van der Waals surface area contributed by atoms with E-state index in [-0.39, 0.29) is 23.4 Å². The van der Waals surface area contributed by atoms with Gasteiger partial charge < -0.3 is 10.0 Å². The van der Waals surface area contributed by atoms with Gasteiger partial charge in [-0.1, -0.05) is 42.5 Å². The minimum Gasteiger partial charge on any atom is -0.375 e. The number of Topliss-reactive ketones (excluding diaryl/α,β-unsaturated/α-hetero) is 1. The van der Waals surface area contributed by atoms with Crippen molar-refractivity contribution in [3.63, 3.8) is 0 Å². The first kappa shape index (κ1) is 20.4. The highest BCUT2D eigenvalue weighted by Gasteiger charge is 2.50. The Morgan fingerprint density at radius 2 is 1.77 bits per heavy atom. The summed E-state index contributed by atoms with van der Waals surface area (Å²) in [6.45, 7) is 0.0867. The van der Waals surface area contributed by atoms with Crippen LogP contribution in [-0.4, -0.2) is 21.7 Å². The van der Waals surface area contributed by atoms with Crippen LogP contribution in [0, 0.1) is 15.9 Å². The zero-order valence-electron chi connectivity index (χ0n) is 16.2. The summed E-state index contributed by atoms with van der Waals surface area (Å²) in [4.78, 5) is 37.8. The molecule has 3 aromatic rings. The number of ketones is 1. The first-order chi connectivity index (χ1) is 14.8. The molecule has 1 aliphatic rings. The molecule has 156 valence electrons. The number of rotatable bonds is 6. The second-order valence-electron chi connectivity index (χ2n) is 7.30. The molecule has 0 saturated carbocycles. The highest BCUT2D eigenvalue weighted by atomic mass is 19.1. The lowest BCUT2D eigenvalue weighted by molar-refractivity contribution is -0.384. The normalized spacial score (nSPS) is 17.5. The fourth-order valence-electron chi connectivity index (χ4n) is 3.73. The maximum Gasteiger partial charge on any atom is 0.270 e. The molecule has 4 rings (SSSR count). The number of hydrogen-bond acceptors (Lipinski definition) is 5. The van der Waals surface area contributed by atoms with E-state index in [1.165, 1.54) is 47.4 Å². The van der Waals surface area contributed by atoms with E-state index in [0.29, 0.717) is 11.3 Å². The molecule has 1 amide bonds. The summed E-state index contributed by atoms with van der Waals surface area (Å²) >= 11 is 0. The van der Waals surface area contributed by atoms with Crippen molar-refractivity contribution in [1.82, 2.24) is 0 Å². The number of aliphatic hydroxyl groups is 1. The summed E-state index contributed by atoms with van der Waals surface area (Å²) in [7, 11) is 0. The second kappa shape index (κ2) is 7.73. The number of hydrogen-bond donors (Lipinski definition) is 1. The van der Waals surface area contributed by atoms with Crippen LogP contribution in [0.15, 0.2) is 72.8 Å². The zero-order chi connectivity index (χ0) is 22.2. The number of anilines is 1. The minimum atomic E-state index is -2.11. The predicted molar refractivity (Wildman–Crippen MR) is 110 cm³/mol. The molecular formula is C23H17FN2O5. The Labute approximate surface area is 176 Å². The van der Waals surface area contributed by atoms with Gasteiger partial charge >= 0.3 is 0 Å². The minimum absolute atomic E-state index is 0.0323. The number of para-hydroxylation sites is 1. The molecule has 0 spiro atoms. The van der Waals surface area contributed by atoms with Crippen LogP contribution in [-0.2, 0) is 16.9 Å². The molecule has 31 heavy (non-hydrogen) atoms. The van der Waals surface area contributed by atoms with Gasteiger partial charge in [-0.25, -0.2) is 4.39 Å². The highest BCUT2D eigenvalue weighted by molar-refractivity contribution is 6.10. The molecule has 0 aliphatic carbocycles. The molecule has 0 fully saturated rings. The van der Waals surface area contributed by atoms with Crippen LogP contribution in [0.3, 0.4) is 0 Å². The fraction of sp³-hybridized carbons (Fsp3) is 0.130. The molecule has 0 bridgehead atoms. The maximum absolute atomic E-state index is 13.2. The van der Waals surface area contributed by atoms with Crippen molar-refractivity contribution in [2.24, 2.45) is 0 Å². The van der Waals surface area contributed by atoms with Gasteiger partial charge in [0.05, 0.1) is 23.6 Å². The lowest BCUT2D eigenvalue weighted by Crippen LogP contribution is -2.41. The number of halogens is 1. The Morgan fingerprint density at radius 3 is 2.48 bits per heavy atom. The average molecular weight is 420 g/mol. The van der Waals surface area contributed by atoms with Gasteiger partial charge in [0.2, 0.25) is 0 Å². The smallest absolute Gasteiger partial charge is 0.270 e. The number of benzene rings is 3. The van der Waals surface area contributed by atoms with Crippen molar-refractivity contribution in [2.75, 3.05) is 4.90 Å². The first-order valence-electron chi connectivity index (χ1n) is 9.45. The number of amides is 1. The number of nitrogens with zero attached hydrogens (tertiary/aromatic N) is 2. The average Bonchev–Trinajstić information content (AvgIpc) is 2.97. The third-order valence-electron chi connectivity index (χ3n) is 5.29. The molecule has 0 saturated heterocycles. The molecule has 0 radical (unpaired) electrons. The Morgan fingerprint density at radius 1 is 1.06 bits per heavy atom. The van der Waals surface area contributed by atoms with Crippen molar-refractivity contribution < 1.29 is 24.0 Å². The molecule has 1 atom stereocenters. The predicted octanol–water partition coefficient (Wildman–Crippen LogP) is 3.74. The Kier molecular flexibility index (Phi) is 5.08. The summed E-state index contributed by atoms with van der Waals surface area (Å²) in [5.41, 5.74) is -0.956. The van der Waals surface area contributed by atoms with Gasteiger partial charge in [-0.05, 0) is 23.8 Å². The zero-order valence-corrected chi connectivity index (χ0v) is 16.2. The monoisotopic (exact) mass is 420 g/mol. The lowest BCUT2D eigenvalue weighted by Gasteiger charge is -2.23. The topological polar surface area (TPSA) is 101 Å². The molecule has 7 nitrogen and oxygen atoms in total. The van der Waals surface area contributed by atoms with Crippen LogP contribution in [0.25, 0.3) is 0 Å².